The molecule has 0 bridgehead atoms. The number of rotatable bonds is 5. The van der Waals surface area contributed by atoms with Crippen LogP contribution in [-0.2, 0) is 9.53 Å². The summed E-state index contributed by atoms with van der Waals surface area (Å²) in [6.45, 7) is 8.25. The summed E-state index contributed by atoms with van der Waals surface area (Å²) in [6.07, 6.45) is 1.16. The molecule has 0 spiro atoms. The minimum atomic E-state index is -0.579. The molecule has 2 heterocycles. The first-order valence-corrected chi connectivity index (χ1v) is 9.38. The van der Waals surface area contributed by atoms with Gasteiger partial charge >= 0.3 is 5.97 Å². The number of fused-ring (bicyclic) bond motifs is 1. The molecule has 146 valence electrons. The Labute approximate surface area is 158 Å². The molecule has 0 saturated carbocycles. The van der Waals surface area contributed by atoms with Gasteiger partial charge in [-0.2, -0.15) is 0 Å². The van der Waals surface area contributed by atoms with E-state index in [9.17, 15) is 14.0 Å². The van der Waals surface area contributed by atoms with Crippen molar-refractivity contribution in [3.05, 3.63) is 29.7 Å². The molecule has 1 aromatic carbocycles. The Hall–Kier alpha value is -2.41. The van der Waals surface area contributed by atoms with Crippen LogP contribution in [0.25, 0.3) is 10.9 Å². The third-order valence-corrected chi connectivity index (χ3v) is 4.82. The largest absolute Gasteiger partial charge is 0.461 e. The summed E-state index contributed by atoms with van der Waals surface area (Å²) < 4.78 is 18.8. The third kappa shape index (κ3) is 4.47. The van der Waals surface area contributed by atoms with E-state index in [2.05, 4.69) is 29.0 Å². The topological polar surface area (TPSA) is 74.4 Å². The van der Waals surface area contributed by atoms with Crippen molar-refractivity contribution < 1.29 is 18.7 Å². The van der Waals surface area contributed by atoms with Crippen molar-refractivity contribution in [1.29, 1.82) is 0 Å². The number of likely N-dealkylation sites (tertiary alicyclic amines) is 1. The standard InChI is InChI=1S/C20H26FN3O3/c1-4-27-20(26)19-18(15-8-14(21)5-6-16(15)22-19)23-17(25)11-24-9-12(2)7-13(3)10-24/h5-6,8,12-13,22H,4,7,9-11H2,1-3H3,(H,23,25). The number of hydrogen-bond donors (Lipinski definition) is 2. The molecule has 2 unspecified atom stereocenters. The molecule has 2 atom stereocenters. The number of piperidine rings is 1. The van der Waals surface area contributed by atoms with Gasteiger partial charge in [0.25, 0.3) is 0 Å². The monoisotopic (exact) mass is 375 g/mol. The number of halogens is 1. The predicted octanol–water partition coefficient (Wildman–Crippen LogP) is 3.40. The predicted molar refractivity (Wildman–Crippen MR) is 102 cm³/mol. The summed E-state index contributed by atoms with van der Waals surface area (Å²) >= 11 is 0. The Balaban J connectivity index is 1.83. The lowest BCUT2D eigenvalue weighted by molar-refractivity contribution is -0.117. The number of nitrogens with one attached hydrogen (secondary N) is 2. The van der Waals surface area contributed by atoms with Gasteiger partial charge in [-0.25, -0.2) is 9.18 Å². The Kier molecular flexibility index (Phi) is 5.79. The van der Waals surface area contributed by atoms with Crippen molar-refractivity contribution in [2.75, 3.05) is 31.6 Å². The van der Waals surface area contributed by atoms with E-state index in [1.54, 1.807) is 6.92 Å². The van der Waals surface area contributed by atoms with Gasteiger partial charge in [0.2, 0.25) is 5.91 Å². The number of carbonyl (C=O) groups is 2. The Morgan fingerprint density at radius 3 is 2.67 bits per heavy atom. The van der Waals surface area contributed by atoms with Crippen molar-refractivity contribution >= 4 is 28.5 Å². The zero-order valence-corrected chi connectivity index (χ0v) is 16.0. The molecule has 7 heteroatoms. The van der Waals surface area contributed by atoms with Gasteiger partial charge in [-0.05, 0) is 43.4 Å². The molecule has 1 amide bonds. The number of ether oxygens (including phenoxy) is 1. The van der Waals surface area contributed by atoms with E-state index >= 15 is 0 Å². The summed E-state index contributed by atoms with van der Waals surface area (Å²) in [5.74, 6) is -0.166. The number of benzene rings is 1. The summed E-state index contributed by atoms with van der Waals surface area (Å²) in [4.78, 5) is 30.0. The first kappa shape index (κ1) is 19.4. The van der Waals surface area contributed by atoms with E-state index in [1.165, 1.54) is 18.2 Å². The molecule has 2 N–H and O–H groups in total. The maximum atomic E-state index is 13.7. The van der Waals surface area contributed by atoms with Gasteiger partial charge in [0.1, 0.15) is 11.5 Å². The first-order valence-electron chi connectivity index (χ1n) is 9.38. The highest BCUT2D eigenvalue weighted by Gasteiger charge is 2.25. The lowest BCUT2D eigenvalue weighted by Crippen LogP contribution is -2.42. The molecule has 2 aromatic rings. The Bertz CT molecular complexity index is 838. The number of aromatic nitrogens is 1. The number of amides is 1. The molecule has 1 aliphatic heterocycles. The normalized spacial score (nSPS) is 20.6. The second-order valence-electron chi connectivity index (χ2n) is 7.47. The average molecular weight is 375 g/mol. The van der Waals surface area contributed by atoms with Crippen LogP contribution in [0.2, 0.25) is 0 Å². The van der Waals surface area contributed by atoms with Gasteiger partial charge in [-0.15, -0.1) is 0 Å². The molecule has 1 aliphatic rings. The van der Waals surface area contributed by atoms with Gasteiger partial charge in [0.05, 0.1) is 18.8 Å². The number of H-pyrrole nitrogens is 1. The molecule has 1 fully saturated rings. The van der Waals surface area contributed by atoms with Gasteiger partial charge in [0, 0.05) is 24.0 Å². The molecule has 3 rings (SSSR count). The number of carbonyl (C=O) groups excluding carboxylic acids is 2. The maximum Gasteiger partial charge on any atom is 0.356 e. The van der Waals surface area contributed by atoms with E-state index in [-0.39, 0.29) is 30.4 Å². The maximum absolute atomic E-state index is 13.7. The van der Waals surface area contributed by atoms with Crippen molar-refractivity contribution in [2.24, 2.45) is 11.8 Å². The summed E-state index contributed by atoms with van der Waals surface area (Å²) in [5.41, 5.74) is 0.965. The molecule has 1 saturated heterocycles. The second-order valence-corrected chi connectivity index (χ2v) is 7.47. The van der Waals surface area contributed by atoms with Crippen molar-refractivity contribution in [1.82, 2.24) is 9.88 Å². The van der Waals surface area contributed by atoms with Crippen LogP contribution in [0.4, 0.5) is 10.1 Å². The van der Waals surface area contributed by atoms with E-state index in [0.717, 1.165) is 19.5 Å². The molecule has 0 aliphatic carbocycles. The highest BCUT2D eigenvalue weighted by Crippen LogP contribution is 2.29. The first-order chi connectivity index (χ1) is 12.9. The molecule has 1 aromatic heterocycles. The number of anilines is 1. The van der Waals surface area contributed by atoms with Gasteiger partial charge < -0.3 is 15.0 Å². The molecule has 27 heavy (non-hydrogen) atoms. The number of aromatic amines is 1. The summed E-state index contributed by atoms with van der Waals surface area (Å²) in [7, 11) is 0. The Morgan fingerprint density at radius 1 is 1.30 bits per heavy atom. The minimum absolute atomic E-state index is 0.131. The van der Waals surface area contributed by atoms with E-state index < -0.39 is 11.8 Å². The van der Waals surface area contributed by atoms with Crippen LogP contribution in [0.15, 0.2) is 18.2 Å². The van der Waals surface area contributed by atoms with Crippen LogP contribution < -0.4 is 5.32 Å². The quantitative estimate of drug-likeness (QED) is 0.786. The second kappa shape index (κ2) is 8.08. The van der Waals surface area contributed by atoms with Gasteiger partial charge in [0.15, 0.2) is 0 Å². The fraction of sp³-hybridized carbons (Fsp3) is 0.500. The third-order valence-electron chi connectivity index (χ3n) is 4.82. The SMILES string of the molecule is CCOC(=O)c1[nH]c2ccc(F)cc2c1NC(=O)CN1CC(C)CC(C)C1. The zero-order chi connectivity index (χ0) is 19.6. The highest BCUT2D eigenvalue weighted by atomic mass is 19.1. The Morgan fingerprint density at radius 2 is 2.00 bits per heavy atom. The summed E-state index contributed by atoms with van der Waals surface area (Å²) in [5, 5.41) is 3.25. The molecular weight excluding hydrogens is 349 g/mol. The lowest BCUT2D eigenvalue weighted by Gasteiger charge is -2.34. The smallest absolute Gasteiger partial charge is 0.356 e. The molecular formula is C20H26FN3O3. The minimum Gasteiger partial charge on any atom is -0.461 e. The lowest BCUT2D eigenvalue weighted by atomic mass is 9.92. The van der Waals surface area contributed by atoms with Crippen LogP contribution in [0, 0.1) is 17.7 Å². The average Bonchev–Trinajstić information content (AvgIpc) is 2.92. The van der Waals surface area contributed by atoms with Crippen LogP contribution in [0.5, 0.6) is 0 Å². The van der Waals surface area contributed by atoms with Crippen LogP contribution in [-0.4, -0.2) is 48.0 Å². The van der Waals surface area contributed by atoms with Crippen molar-refractivity contribution in [2.45, 2.75) is 27.2 Å². The highest BCUT2D eigenvalue weighted by molar-refractivity contribution is 6.11. The number of esters is 1. The summed E-state index contributed by atoms with van der Waals surface area (Å²) in [6, 6.07) is 4.14. The van der Waals surface area contributed by atoms with Crippen LogP contribution in [0.1, 0.15) is 37.7 Å². The van der Waals surface area contributed by atoms with Gasteiger partial charge in [-0.1, -0.05) is 13.8 Å². The van der Waals surface area contributed by atoms with Crippen molar-refractivity contribution in [3.8, 4) is 0 Å². The number of nitrogens with zero attached hydrogens (tertiary/aromatic N) is 1. The van der Waals surface area contributed by atoms with Crippen LogP contribution in [0.3, 0.4) is 0 Å². The van der Waals surface area contributed by atoms with Gasteiger partial charge in [-0.3, -0.25) is 9.69 Å². The van der Waals surface area contributed by atoms with E-state index in [4.69, 9.17) is 4.74 Å². The molecule has 0 radical (unpaired) electrons. The van der Waals surface area contributed by atoms with E-state index in [1.807, 2.05) is 0 Å². The fourth-order valence-corrected chi connectivity index (χ4v) is 3.95. The fourth-order valence-electron chi connectivity index (χ4n) is 3.95. The van der Waals surface area contributed by atoms with E-state index in [0.29, 0.717) is 22.7 Å². The van der Waals surface area contributed by atoms with Crippen LogP contribution >= 0.6 is 0 Å². The number of hydrogen-bond acceptors (Lipinski definition) is 4. The zero-order valence-electron chi connectivity index (χ0n) is 16.0. The van der Waals surface area contributed by atoms with Crippen molar-refractivity contribution in [3.63, 3.8) is 0 Å². The molecule has 6 nitrogen and oxygen atoms in total.